The normalized spacial score (nSPS) is 14.6. The maximum atomic E-state index is 14.2. The molecular weight excluding hydrogens is 571 g/mol. The van der Waals surface area contributed by atoms with E-state index in [-0.39, 0.29) is 52.4 Å². The van der Waals surface area contributed by atoms with Gasteiger partial charge in [-0.1, -0.05) is 31.4 Å². The van der Waals surface area contributed by atoms with E-state index in [9.17, 15) is 36.3 Å². The molecule has 2 N–H and O–H groups in total. The Morgan fingerprint density at radius 1 is 1.05 bits per heavy atom. The molecule has 218 valence electrons. The molecule has 7 nitrogen and oxygen atoms in total. The molecule has 1 aliphatic rings. The van der Waals surface area contributed by atoms with Gasteiger partial charge in [0.15, 0.2) is 5.82 Å². The molecule has 1 aliphatic carbocycles. The Hall–Kier alpha value is -3.80. The third kappa shape index (κ3) is 6.92. The fourth-order valence-electron chi connectivity index (χ4n) is 4.93. The third-order valence-electron chi connectivity index (χ3n) is 6.83. The van der Waals surface area contributed by atoms with Gasteiger partial charge in [-0.15, -0.1) is 0 Å². The molecule has 0 spiro atoms. The first-order valence-corrected chi connectivity index (χ1v) is 13.2. The van der Waals surface area contributed by atoms with Crippen LogP contribution in [0.1, 0.15) is 83.2 Å². The van der Waals surface area contributed by atoms with E-state index in [1.807, 2.05) is 0 Å². The number of alkyl halides is 3. The van der Waals surface area contributed by atoms with Crippen LogP contribution in [-0.2, 0) is 17.5 Å². The maximum absolute atomic E-state index is 14.2. The number of nitrogens with zero attached hydrogens (tertiary/aromatic N) is 2. The molecule has 2 aromatic carbocycles. The van der Waals surface area contributed by atoms with E-state index >= 15 is 0 Å². The number of aromatic nitrogens is 2. The highest BCUT2D eigenvalue weighted by Crippen LogP contribution is 2.36. The standard InChI is InChI=1S/C28H26ClF5N4O3/c1-14(39)13-38-23(15(2)21-12-18(30)7-8-22(21)29)24(36-25(38)27(41)35-20-5-3-4-6-20)37-26(40)16-9-17(28(32,33)34)11-19(31)10-16/h7-12,15,20H,3-6,13H2,1-2H3,(H,35,41)(H,37,40)/t15-/m1/s1. The first-order valence-electron chi connectivity index (χ1n) is 12.8. The van der Waals surface area contributed by atoms with Gasteiger partial charge in [-0.25, -0.2) is 13.8 Å². The van der Waals surface area contributed by atoms with E-state index in [2.05, 4.69) is 15.6 Å². The van der Waals surface area contributed by atoms with Crippen LogP contribution in [0.15, 0.2) is 36.4 Å². The Morgan fingerprint density at radius 3 is 2.37 bits per heavy atom. The number of anilines is 1. The van der Waals surface area contributed by atoms with Crippen molar-refractivity contribution in [3.8, 4) is 0 Å². The lowest BCUT2D eigenvalue weighted by Gasteiger charge is -2.19. The molecule has 0 radical (unpaired) electrons. The zero-order valence-electron chi connectivity index (χ0n) is 22.0. The Morgan fingerprint density at radius 2 is 1.73 bits per heavy atom. The summed E-state index contributed by atoms with van der Waals surface area (Å²) in [7, 11) is 0. The minimum Gasteiger partial charge on any atom is -0.347 e. The van der Waals surface area contributed by atoms with Gasteiger partial charge in [0.25, 0.3) is 11.8 Å². The Bertz CT molecular complexity index is 1500. The second-order valence-electron chi connectivity index (χ2n) is 9.98. The molecule has 0 saturated heterocycles. The summed E-state index contributed by atoms with van der Waals surface area (Å²) in [5.41, 5.74) is -1.72. The number of hydrogen-bond donors (Lipinski definition) is 2. The van der Waals surface area contributed by atoms with E-state index in [1.165, 1.54) is 17.6 Å². The zero-order chi connectivity index (χ0) is 30.1. The quantitative estimate of drug-likeness (QED) is 0.290. The summed E-state index contributed by atoms with van der Waals surface area (Å²) in [4.78, 5) is 43.0. The van der Waals surface area contributed by atoms with E-state index in [1.54, 1.807) is 6.92 Å². The summed E-state index contributed by atoms with van der Waals surface area (Å²) < 4.78 is 69.3. The van der Waals surface area contributed by atoms with Gasteiger partial charge in [0, 0.05) is 22.5 Å². The van der Waals surface area contributed by atoms with Crippen molar-refractivity contribution in [2.24, 2.45) is 0 Å². The van der Waals surface area contributed by atoms with Gasteiger partial charge in [-0.05, 0) is 61.7 Å². The van der Waals surface area contributed by atoms with Crippen LogP contribution in [0.4, 0.5) is 27.8 Å². The lowest BCUT2D eigenvalue weighted by atomic mass is 9.96. The average Bonchev–Trinajstić information content (AvgIpc) is 3.51. The third-order valence-corrected chi connectivity index (χ3v) is 7.18. The van der Waals surface area contributed by atoms with Gasteiger partial charge in [-0.3, -0.25) is 14.4 Å². The molecule has 2 amide bonds. The van der Waals surface area contributed by atoms with Crippen LogP contribution in [-0.4, -0.2) is 33.2 Å². The second-order valence-corrected chi connectivity index (χ2v) is 10.4. The molecular formula is C28H26ClF5N4O3. The SMILES string of the molecule is CC(=O)Cn1c(C(=O)NC2CCCC2)nc(NC(=O)c2cc(F)cc(C(F)(F)F)c2)c1[C@H](C)c1cc(F)ccc1Cl. The van der Waals surface area contributed by atoms with Crippen LogP contribution in [0.25, 0.3) is 0 Å². The molecule has 13 heteroatoms. The maximum Gasteiger partial charge on any atom is 0.416 e. The van der Waals surface area contributed by atoms with Crippen molar-refractivity contribution in [3.63, 3.8) is 0 Å². The number of benzene rings is 2. The molecule has 3 aromatic rings. The minimum atomic E-state index is -4.92. The monoisotopic (exact) mass is 596 g/mol. The van der Waals surface area contributed by atoms with Gasteiger partial charge in [0.05, 0.1) is 17.8 Å². The average molecular weight is 597 g/mol. The Balaban J connectivity index is 1.84. The highest BCUT2D eigenvalue weighted by Gasteiger charge is 2.33. The van der Waals surface area contributed by atoms with Crippen molar-refractivity contribution in [1.82, 2.24) is 14.9 Å². The van der Waals surface area contributed by atoms with Crippen molar-refractivity contribution >= 4 is 35.0 Å². The Kier molecular flexibility index (Phi) is 8.81. The molecule has 0 aliphatic heterocycles. The van der Waals surface area contributed by atoms with Crippen LogP contribution in [0.5, 0.6) is 0 Å². The molecule has 4 rings (SSSR count). The summed E-state index contributed by atoms with van der Waals surface area (Å²) >= 11 is 6.34. The van der Waals surface area contributed by atoms with Crippen LogP contribution in [0.2, 0.25) is 5.02 Å². The van der Waals surface area contributed by atoms with Crippen molar-refractivity contribution < 1.29 is 36.3 Å². The molecule has 1 aromatic heterocycles. The molecule has 1 fully saturated rings. The fourth-order valence-corrected chi connectivity index (χ4v) is 5.21. The molecule has 1 atom stereocenters. The van der Waals surface area contributed by atoms with Crippen molar-refractivity contribution in [2.75, 3.05) is 5.32 Å². The van der Waals surface area contributed by atoms with Gasteiger partial charge in [-0.2, -0.15) is 13.2 Å². The van der Waals surface area contributed by atoms with Crippen LogP contribution in [0.3, 0.4) is 0 Å². The lowest BCUT2D eigenvalue weighted by molar-refractivity contribution is -0.137. The number of rotatable bonds is 8. The van der Waals surface area contributed by atoms with E-state index in [0.29, 0.717) is 12.1 Å². The number of nitrogens with one attached hydrogen (secondary N) is 2. The molecule has 1 saturated carbocycles. The van der Waals surface area contributed by atoms with Gasteiger partial charge in [0.1, 0.15) is 17.4 Å². The number of halogens is 6. The van der Waals surface area contributed by atoms with E-state index < -0.39 is 46.7 Å². The summed E-state index contributed by atoms with van der Waals surface area (Å²) in [6.45, 7) is 2.49. The van der Waals surface area contributed by atoms with Crippen molar-refractivity contribution in [1.29, 1.82) is 0 Å². The summed E-state index contributed by atoms with van der Waals surface area (Å²) in [6, 6.07) is 4.81. The Labute approximate surface area is 237 Å². The van der Waals surface area contributed by atoms with Crippen LogP contribution in [0, 0.1) is 11.6 Å². The number of ketones is 1. The van der Waals surface area contributed by atoms with Gasteiger partial charge < -0.3 is 15.2 Å². The highest BCUT2D eigenvalue weighted by molar-refractivity contribution is 6.31. The smallest absolute Gasteiger partial charge is 0.347 e. The molecule has 0 unspecified atom stereocenters. The number of hydrogen-bond acceptors (Lipinski definition) is 4. The summed E-state index contributed by atoms with van der Waals surface area (Å²) in [5, 5.41) is 5.37. The number of Topliss-reactive ketones (excluding diaryl/α,β-unsaturated/α-hetero) is 1. The van der Waals surface area contributed by atoms with Crippen LogP contribution >= 0.6 is 11.6 Å². The fraction of sp³-hybridized carbons (Fsp3) is 0.357. The number of carbonyl (C=O) groups excluding carboxylic acids is 3. The molecule has 1 heterocycles. The van der Waals surface area contributed by atoms with E-state index in [4.69, 9.17) is 11.6 Å². The molecule has 41 heavy (non-hydrogen) atoms. The highest BCUT2D eigenvalue weighted by atomic mass is 35.5. The van der Waals surface area contributed by atoms with E-state index in [0.717, 1.165) is 37.8 Å². The number of amides is 2. The topological polar surface area (TPSA) is 93.1 Å². The van der Waals surface area contributed by atoms with Crippen molar-refractivity contribution in [2.45, 2.75) is 64.2 Å². The largest absolute Gasteiger partial charge is 0.416 e. The number of carbonyl (C=O) groups is 3. The van der Waals surface area contributed by atoms with Gasteiger partial charge in [0.2, 0.25) is 5.82 Å². The first-order chi connectivity index (χ1) is 19.2. The first kappa shape index (κ1) is 30.2. The summed E-state index contributed by atoms with van der Waals surface area (Å²) in [5.74, 6) is -5.47. The van der Waals surface area contributed by atoms with Crippen molar-refractivity contribution in [3.05, 3.63) is 81.3 Å². The van der Waals surface area contributed by atoms with Gasteiger partial charge >= 0.3 is 6.18 Å². The number of imidazole rings is 1. The minimum absolute atomic E-state index is 0.0741. The zero-order valence-corrected chi connectivity index (χ0v) is 22.8. The second kappa shape index (κ2) is 12.0. The molecule has 0 bridgehead atoms. The summed E-state index contributed by atoms with van der Waals surface area (Å²) in [6.07, 6.45) is -1.60. The van der Waals surface area contributed by atoms with Crippen LogP contribution < -0.4 is 10.6 Å². The predicted octanol–water partition coefficient (Wildman–Crippen LogP) is 6.50. The predicted molar refractivity (Wildman–Crippen MR) is 141 cm³/mol. The lowest BCUT2D eigenvalue weighted by Crippen LogP contribution is -2.35.